The van der Waals surface area contributed by atoms with E-state index in [0.717, 1.165) is 24.5 Å². The summed E-state index contributed by atoms with van der Waals surface area (Å²) in [5.41, 5.74) is 5.29. The average molecular weight is 178 g/mol. The first-order valence-corrected chi connectivity index (χ1v) is 5.35. The highest BCUT2D eigenvalue weighted by molar-refractivity contribution is 7.84. The van der Waals surface area contributed by atoms with Crippen molar-refractivity contribution < 1.29 is 4.21 Å². The van der Waals surface area contributed by atoms with E-state index in [1.807, 2.05) is 19.0 Å². The van der Waals surface area contributed by atoms with Crippen molar-refractivity contribution in [3.05, 3.63) is 0 Å². The van der Waals surface area contributed by atoms with Crippen LogP contribution in [-0.4, -0.2) is 47.8 Å². The Morgan fingerprint density at radius 3 is 2.45 bits per heavy atom. The molecule has 0 amide bonds. The highest BCUT2D eigenvalue weighted by Crippen LogP contribution is 1.87. The molecular weight excluding hydrogens is 160 g/mol. The van der Waals surface area contributed by atoms with E-state index in [9.17, 15) is 4.21 Å². The fourth-order valence-corrected chi connectivity index (χ4v) is 1.89. The summed E-state index contributed by atoms with van der Waals surface area (Å²) in [4.78, 5) is 2.04. The lowest BCUT2D eigenvalue weighted by atomic mass is 10.5. The van der Waals surface area contributed by atoms with E-state index in [-0.39, 0.29) is 0 Å². The second-order valence-corrected chi connectivity index (χ2v) is 4.49. The molecule has 68 valence electrons. The summed E-state index contributed by atoms with van der Waals surface area (Å²) < 4.78 is 11.1. The Bertz CT molecular complexity index is 117. The van der Waals surface area contributed by atoms with Crippen molar-refractivity contribution in [2.45, 2.75) is 6.42 Å². The van der Waals surface area contributed by atoms with Crippen molar-refractivity contribution in [1.29, 1.82) is 0 Å². The maximum Gasteiger partial charge on any atom is 0.0362 e. The lowest BCUT2D eigenvalue weighted by Crippen LogP contribution is -2.20. The molecule has 0 aliphatic rings. The van der Waals surface area contributed by atoms with Crippen LogP contribution in [0.4, 0.5) is 0 Å². The maximum atomic E-state index is 11.1. The summed E-state index contributed by atoms with van der Waals surface area (Å²) in [5.74, 6) is 1.53. The molecule has 0 fully saturated rings. The Hall–Kier alpha value is 0.0700. The number of hydrogen-bond donors (Lipinski definition) is 1. The smallest absolute Gasteiger partial charge is 0.0362 e. The molecule has 3 nitrogen and oxygen atoms in total. The molecule has 0 saturated heterocycles. The van der Waals surface area contributed by atoms with Crippen LogP contribution in [-0.2, 0) is 10.8 Å². The van der Waals surface area contributed by atoms with E-state index in [0.29, 0.717) is 6.54 Å². The zero-order valence-corrected chi connectivity index (χ0v) is 8.19. The maximum absolute atomic E-state index is 11.1. The predicted octanol–water partition coefficient (Wildman–Crippen LogP) is -0.354. The largest absolute Gasteiger partial charge is 0.330 e. The Labute approximate surface area is 71.4 Å². The molecule has 2 N–H and O–H groups in total. The van der Waals surface area contributed by atoms with Gasteiger partial charge in [-0.15, -0.1) is 0 Å². The molecule has 0 rings (SSSR count). The van der Waals surface area contributed by atoms with Gasteiger partial charge in [0.2, 0.25) is 0 Å². The van der Waals surface area contributed by atoms with Gasteiger partial charge in [0, 0.05) is 28.9 Å². The molecule has 0 aliphatic carbocycles. The Morgan fingerprint density at radius 2 is 2.00 bits per heavy atom. The molecule has 0 aromatic heterocycles. The summed E-state index contributed by atoms with van der Waals surface area (Å²) in [6.07, 6.45) is 0.875. The summed E-state index contributed by atoms with van der Waals surface area (Å²) >= 11 is 0. The van der Waals surface area contributed by atoms with Gasteiger partial charge in [0.15, 0.2) is 0 Å². The summed E-state index contributed by atoms with van der Waals surface area (Å²) in [7, 11) is 3.31. The molecule has 0 aromatic carbocycles. The molecule has 0 saturated carbocycles. The van der Waals surface area contributed by atoms with Crippen LogP contribution in [0.15, 0.2) is 0 Å². The molecule has 0 spiro atoms. The number of nitrogens with zero attached hydrogens (tertiary/aromatic N) is 1. The van der Waals surface area contributed by atoms with E-state index >= 15 is 0 Å². The zero-order valence-electron chi connectivity index (χ0n) is 7.38. The molecule has 0 aliphatic heterocycles. The van der Waals surface area contributed by atoms with Gasteiger partial charge < -0.3 is 10.6 Å². The van der Waals surface area contributed by atoms with Crippen LogP contribution >= 0.6 is 0 Å². The summed E-state index contributed by atoms with van der Waals surface area (Å²) in [5, 5.41) is 0. The number of rotatable bonds is 6. The third kappa shape index (κ3) is 7.97. The fraction of sp³-hybridized carbons (Fsp3) is 1.00. The molecule has 0 heterocycles. The minimum atomic E-state index is -0.662. The highest BCUT2D eigenvalue weighted by Gasteiger charge is 1.98. The van der Waals surface area contributed by atoms with Crippen LogP contribution in [0.5, 0.6) is 0 Å². The fourth-order valence-electron chi connectivity index (χ4n) is 0.631. The van der Waals surface area contributed by atoms with Crippen molar-refractivity contribution in [3.8, 4) is 0 Å². The lowest BCUT2D eigenvalue weighted by molar-refractivity contribution is 0.435. The van der Waals surface area contributed by atoms with Crippen molar-refractivity contribution in [3.63, 3.8) is 0 Å². The Balaban J connectivity index is 3.23. The van der Waals surface area contributed by atoms with Gasteiger partial charge in [-0.2, -0.15) is 0 Å². The van der Waals surface area contributed by atoms with E-state index < -0.39 is 10.8 Å². The standard InChI is InChI=1S/C7H18N2OS/c1-9(2)5-7-11(10)6-3-4-8/h3-8H2,1-2H3. The highest BCUT2D eigenvalue weighted by atomic mass is 32.2. The molecule has 1 unspecified atom stereocenters. The Morgan fingerprint density at radius 1 is 1.36 bits per heavy atom. The SMILES string of the molecule is CN(C)CCS(=O)CCCN. The summed E-state index contributed by atoms with van der Waals surface area (Å²) in [6.45, 7) is 1.55. The van der Waals surface area contributed by atoms with E-state index in [1.54, 1.807) is 0 Å². The zero-order chi connectivity index (χ0) is 8.69. The third-order valence-electron chi connectivity index (χ3n) is 1.34. The van der Waals surface area contributed by atoms with Crippen LogP contribution < -0.4 is 5.73 Å². The topological polar surface area (TPSA) is 46.3 Å². The van der Waals surface area contributed by atoms with Gasteiger partial charge in [0.25, 0.3) is 0 Å². The average Bonchev–Trinajstić information content (AvgIpc) is 1.97. The molecule has 11 heavy (non-hydrogen) atoms. The van der Waals surface area contributed by atoms with E-state index in [4.69, 9.17) is 5.73 Å². The van der Waals surface area contributed by atoms with Crippen LogP contribution in [0.2, 0.25) is 0 Å². The number of hydrogen-bond acceptors (Lipinski definition) is 3. The quantitative estimate of drug-likeness (QED) is 0.604. The molecule has 1 atom stereocenters. The Kier molecular flexibility index (Phi) is 6.80. The van der Waals surface area contributed by atoms with Gasteiger partial charge in [0.05, 0.1) is 0 Å². The molecule has 0 aromatic rings. The second-order valence-electron chi connectivity index (χ2n) is 2.79. The van der Waals surface area contributed by atoms with Crippen LogP contribution in [0.25, 0.3) is 0 Å². The normalized spacial score (nSPS) is 13.8. The van der Waals surface area contributed by atoms with Crippen LogP contribution in [0.3, 0.4) is 0 Å². The molecule has 0 radical (unpaired) electrons. The first kappa shape index (κ1) is 11.1. The van der Waals surface area contributed by atoms with Gasteiger partial charge in [0.1, 0.15) is 0 Å². The van der Waals surface area contributed by atoms with Crippen LogP contribution in [0, 0.1) is 0 Å². The molecular formula is C7H18N2OS. The second kappa shape index (κ2) is 6.76. The molecule has 4 heteroatoms. The number of nitrogens with two attached hydrogens (primary N) is 1. The minimum absolute atomic E-state index is 0.647. The van der Waals surface area contributed by atoms with Crippen LogP contribution in [0.1, 0.15) is 6.42 Å². The van der Waals surface area contributed by atoms with Crippen molar-refractivity contribution in [2.24, 2.45) is 5.73 Å². The third-order valence-corrected chi connectivity index (χ3v) is 2.72. The minimum Gasteiger partial charge on any atom is -0.330 e. The van der Waals surface area contributed by atoms with Gasteiger partial charge >= 0.3 is 0 Å². The van der Waals surface area contributed by atoms with E-state index in [1.165, 1.54) is 0 Å². The van der Waals surface area contributed by atoms with Gasteiger partial charge in [-0.25, -0.2) is 0 Å². The first-order valence-electron chi connectivity index (χ1n) is 3.86. The monoisotopic (exact) mass is 178 g/mol. The van der Waals surface area contributed by atoms with Gasteiger partial charge in [-0.1, -0.05) is 0 Å². The van der Waals surface area contributed by atoms with Gasteiger partial charge in [-0.05, 0) is 27.1 Å². The van der Waals surface area contributed by atoms with E-state index in [2.05, 4.69) is 0 Å². The lowest BCUT2D eigenvalue weighted by Gasteiger charge is -2.08. The molecule has 0 bridgehead atoms. The first-order chi connectivity index (χ1) is 5.16. The summed E-state index contributed by atoms with van der Waals surface area (Å²) in [6, 6.07) is 0. The predicted molar refractivity (Wildman–Crippen MR) is 50.1 cm³/mol. The van der Waals surface area contributed by atoms with Crippen molar-refractivity contribution >= 4 is 10.8 Å². The van der Waals surface area contributed by atoms with Gasteiger partial charge in [-0.3, -0.25) is 4.21 Å². The van der Waals surface area contributed by atoms with Crippen molar-refractivity contribution in [1.82, 2.24) is 4.90 Å². The van der Waals surface area contributed by atoms with Crippen molar-refractivity contribution in [2.75, 3.05) is 38.7 Å².